The van der Waals surface area contributed by atoms with Crippen molar-refractivity contribution in [1.29, 1.82) is 0 Å². The average molecular weight is 377 g/mol. The summed E-state index contributed by atoms with van der Waals surface area (Å²) in [7, 11) is 0. The third kappa shape index (κ3) is 3.97. The van der Waals surface area contributed by atoms with E-state index in [1.807, 2.05) is 24.3 Å². The quantitative estimate of drug-likeness (QED) is 0.850. The van der Waals surface area contributed by atoms with Crippen molar-refractivity contribution >= 4 is 46.4 Å². The van der Waals surface area contributed by atoms with Crippen LogP contribution in [0.2, 0.25) is 10.0 Å². The first kappa shape index (κ1) is 17.8. The minimum Gasteiger partial charge on any atom is -0.324 e. The van der Waals surface area contributed by atoms with Gasteiger partial charge in [-0.1, -0.05) is 42.3 Å². The molecule has 0 bridgehead atoms. The van der Waals surface area contributed by atoms with Crippen LogP contribution in [0.25, 0.3) is 0 Å². The number of halogens is 2. The third-order valence-corrected chi connectivity index (χ3v) is 4.89. The molecule has 0 radical (unpaired) electrons. The van der Waals surface area contributed by atoms with Crippen LogP contribution < -0.4 is 10.2 Å². The molecule has 1 N–H and O–H groups in total. The molecule has 1 aliphatic heterocycles. The first-order valence-electron chi connectivity index (χ1n) is 8.13. The van der Waals surface area contributed by atoms with E-state index >= 15 is 0 Å². The predicted octanol–water partition coefficient (Wildman–Crippen LogP) is 4.55. The Balaban J connectivity index is 1.69. The molecule has 25 heavy (non-hydrogen) atoms. The number of benzene rings is 2. The molecule has 6 heteroatoms. The maximum atomic E-state index is 12.5. The molecule has 3 rings (SSSR count). The van der Waals surface area contributed by atoms with Gasteiger partial charge in [0.15, 0.2) is 0 Å². The zero-order valence-corrected chi connectivity index (χ0v) is 15.3. The van der Waals surface area contributed by atoms with Gasteiger partial charge in [0.05, 0.1) is 16.6 Å². The molecule has 0 spiro atoms. The van der Waals surface area contributed by atoms with E-state index in [2.05, 4.69) is 12.2 Å². The number of rotatable bonds is 4. The van der Waals surface area contributed by atoms with E-state index in [0.29, 0.717) is 22.3 Å². The van der Waals surface area contributed by atoms with E-state index in [4.69, 9.17) is 23.2 Å². The van der Waals surface area contributed by atoms with Crippen LogP contribution in [0.4, 0.5) is 11.4 Å². The first-order valence-corrected chi connectivity index (χ1v) is 8.88. The van der Waals surface area contributed by atoms with E-state index in [-0.39, 0.29) is 18.2 Å². The Kier molecular flexibility index (Phi) is 5.30. The molecule has 1 unspecified atom stereocenters. The Bertz CT molecular complexity index is 806. The summed E-state index contributed by atoms with van der Waals surface area (Å²) in [6, 6.07) is 12.7. The molecule has 0 saturated carbocycles. The van der Waals surface area contributed by atoms with Gasteiger partial charge in [0.2, 0.25) is 11.8 Å². The van der Waals surface area contributed by atoms with Gasteiger partial charge in [0.25, 0.3) is 0 Å². The molecule has 1 saturated heterocycles. The van der Waals surface area contributed by atoms with E-state index in [1.54, 1.807) is 23.1 Å². The normalized spacial score (nSPS) is 17.0. The number of hydrogen-bond donors (Lipinski definition) is 1. The number of amides is 2. The molecule has 2 aromatic rings. The number of hydrogen-bond acceptors (Lipinski definition) is 2. The van der Waals surface area contributed by atoms with Crippen LogP contribution >= 0.6 is 23.2 Å². The molecule has 130 valence electrons. The number of nitrogens with one attached hydrogen (secondary N) is 1. The van der Waals surface area contributed by atoms with E-state index in [9.17, 15) is 9.59 Å². The van der Waals surface area contributed by atoms with Crippen LogP contribution in [0.3, 0.4) is 0 Å². The van der Waals surface area contributed by atoms with Crippen LogP contribution in [0.1, 0.15) is 18.9 Å². The van der Waals surface area contributed by atoms with Gasteiger partial charge in [-0.2, -0.15) is 0 Å². The van der Waals surface area contributed by atoms with Gasteiger partial charge < -0.3 is 10.2 Å². The zero-order valence-electron chi connectivity index (χ0n) is 13.8. The van der Waals surface area contributed by atoms with E-state index in [1.165, 1.54) is 5.56 Å². The van der Waals surface area contributed by atoms with Crippen molar-refractivity contribution in [3.63, 3.8) is 0 Å². The van der Waals surface area contributed by atoms with E-state index < -0.39 is 5.92 Å². The summed E-state index contributed by atoms with van der Waals surface area (Å²) < 4.78 is 0. The van der Waals surface area contributed by atoms with Gasteiger partial charge >= 0.3 is 0 Å². The molecule has 4 nitrogen and oxygen atoms in total. The Morgan fingerprint density at radius 3 is 2.56 bits per heavy atom. The highest BCUT2D eigenvalue weighted by atomic mass is 35.5. The SMILES string of the molecule is CCc1ccc(N2CC(C(=O)Nc3ccc(Cl)cc3Cl)CC2=O)cc1. The molecular weight excluding hydrogens is 359 g/mol. The fourth-order valence-electron chi connectivity index (χ4n) is 2.87. The molecule has 2 aromatic carbocycles. The van der Waals surface area contributed by atoms with Crippen molar-refractivity contribution in [1.82, 2.24) is 0 Å². The second-order valence-corrected chi connectivity index (χ2v) is 6.88. The highest BCUT2D eigenvalue weighted by Crippen LogP contribution is 2.29. The summed E-state index contributed by atoms with van der Waals surface area (Å²) in [6.07, 6.45) is 1.13. The smallest absolute Gasteiger partial charge is 0.229 e. The summed E-state index contributed by atoms with van der Waals surface area (Å²) >= 11 is 11.9. The molecular formula is C19H18Cl2N2O2. The number of carbonyl (C=O) groups is 2. The summed E-state index contributed by atoms with van der Waals surface area (Å²) in [5.41, 5.74) is 2.53. The standard InChI is InChI=1S/C19H18Cl2N2O2/c1-2-12-3-6-15(7-4-12)23-11-13(9-18(23)24)19(25)22-17-8-5-14(20)10-16(17)21/h3-8,10,13H,2,9,11H2,1H3,(H,22,25). The van der Waals surface area contributed by atoms with Crippen molar-refractivity contribution in [3.8, 4) is 0 Å². The van der Waals surface area contributed by atoms with Crippen molar-refractivity contribution in [2.75, 3.05) is 16.8 Å². The highest BCUT2D eigenvalue weighted by molar-refractivity contribution is 6.36. The minimum atomic E-state index is -0.412. The molecule has 0 aliphatic carbocycles. The van der Waals surface area contributed by atoms with Crippen LogP contribution in [0, 0.1) is 5.92 Å². The number of nitrogens with zero attached hydrogens (tertiary/aromatic N) is 1. The lowest BCUT2D eigenvalue weighted by atomic mass is 10.1. The Morgan fingerprint density at radius 2 is 1.92 bits per heavy atom. The van der Waals surface area contributed by atoms with Crippen molar-refractivity contribution in [2.45, 2.75) is 19.8 Å². The third-order valence-electron chi connectivity index (χ3n) is 4.34. The molecule has 2 amide bonds. The first-order chi connectivity index (χ1) is 12.0. The number of carbonyl (C=O) groups excluding carboxylic acids is 2. The van der Waals surface area contributed by atoms with Gasteiger partial charge in [-0.05, 0) is 42.3 Å². The summed E-state index contributed by atoms with van der Waals surface area (Å²) in [5.74, 6) is -0.679. The second-order valence-electron chi connectivity index (χ2n) is 6.04. The van der Waals surface area contributed by atoms with Crippen molar-refractivity contribution < 1.29 is 9.59 Å². The van der Waals surface area contributed by atoms with Crippen LogP contribution in [-0.4, -0.2) is 18.4 Å². The van der Waals surface area contributed by atoms with Crippen LogP contribution in [0.5, 0.6) is 0 Å². The van der Waals surface area contributed by atoms with Crippen LogP contribution in [0.15, 0.2) is 42.5 Å². The number of anilines is 2. The molecule has 1 atom stereocenters. The Labute approximate surface area is 156 Å². The summed E-state index contributed by atoms with van der Waals surface area (Å²) in [5, 5.41) is 3.65. The fourth-order valence-corrected chi connectivity index (χ4v) is 3.33. The van der Waals surface area contributed by atoms with Gasteiger partial charge in [0, 0.05) is 23.7 Å². The molecule has 1 heterocycles. The van der Waals surface area contributed by atoms with Crippen molar-refractivity contribution in [2.24, 2.45) is 5.92 Å². The van der Waals surface area contributed by atoms with Crippen LogP contribution in [-0.2, 0) is 16.0 Å². The second kappa shape index (κ2) is 7.46. The minimum absolute atomic E-state index is 0.0494. The number of aryl methyl sites for hydroxylation is 1. The van der Waals surface area contributed by atoms with Gasteiger partial charge in [-0.15, -0.1) is 0 Å². The maximum absolute atomic E-state index is 12.5. The predicted molar refractivity (Wildman–Crippen MR) is 101 cm³/mol. The molecule has 0 aromatic heterocycles. The molecule has 1 aliphatic rings. The zero-order chi connectivity index (χ0) is 18.0. The van der Waals surface area contributed by atoms with Gasteiger partial charge in [-0.3, -0.25) is 9.59 Å². The monoisotopic (exact) mass is 376 g/mol. The maximum Gasteiger partial charge on any atom is 0.229 e. The fraction of sp³-hybridized carbons (Fsp3) is 0.263. The highest BCUT2D eigenvalue weighted by Gasteiger charge is 2.35. The lowest BCUT2D eigenvalue weighted by molar-refractivity contribution is -0.122. The largest absolute Gasteiger partial charge is 0.324 e. The van der Waals surface area contributed by atoms with Crippen molar-refractivity contribution in [3.05, 3.63) is 58.1 Å². The summed E-state index contributed by atoms with van der Waals surface area (Å²) in [4.78, 5) is 26.5. The lowest BCUT2D eigenvalue weighted by Gasteiger charge is -2.17. The Hall–Kier alpha value is -2.04. The van der Waals surface area contributed by atoms with Gasteiger partial charge in [0.1, 0.15) is 0 Å². The lowest BCUT2D eigenvalue weighted by Crippen LogP contribution is -2.28. The van der Waals surface area contributed by atoms with E-state index in [0.717, 1.165) is 12.1 Å². The van der Waals surface area contributed by atoms with Gasteiger partial charge in [-0.25, -0.2) is 0 Å². The Morgan fingerprint density at radius 1 is 1.20 bits per heavy atom. The summed E-state index contributed by atoms with van der Waals surface area (Å²) in [6.45, 7) is 2.44. The molecule has 1 fully saturated rings. The topological polar surface area (TPSA) is 49.4 Å². The average Bonchev–Trinajstić information content (AvgIpc) is 2.99.